The van der Waals surface area contributed by atoms with Gasteiger partial charge in [0.25, 0.3) is 5.56 Å². The molecule has 3 atom stereocenters. The number of unbranched alkanes of at least 4 members (excludes halogenated alkanes) is 3. The molecule has 10 heteroatoms. The lowest BCUT2D eigenvalue weighted by molar-refractivity contribution is -0.116. The lowest BCUT2D eigenvalue weighted by atomic mass is 10.2. The first-order valence-corrected chi connectivity index (χ1v) is 9.80. The number of methoxy groups -OCH3 is 1. The summed E-state index contributed by atoms with van der Waals surface area (Å²) in [5, 5.41) is 12.8. The van der Waals surface area contributed by atoms with Gasteiger partial charge in [0, 0.05) is 32.3 Å². The van der Waals surface area contributed by atoms with E-state index in [0.717, 1.165) is 25.7 Å². The average Bonchev–Trinajstić information content (AvgIpc) is 3.04. The van der Waals surface area contributed by atoms with E-state index in [1.54, 1.807) is 0 Å². The monoisotopic (exact) mass is 410 g/mol. The molecule has 0 spiro atoms. The fraction of sp³-hybridized carbons (Fsp3) is 0.632. The fourth-order valence-electron chi connectivity index (χ4n) is 3.09. The van der Waals surface area contributed by atoms with Gasteiger partial charge in [0.05, 0.1) is 18.3 Å². The number of aliphatic hydroxyl groups is 1. The predicted octanol–water partition coefficient (Wildman–Crippen LogP) is -0.520. The predicted molar refractivity (Wildman–Crippen MR) is 107 cm³/mol. The summed E-state index contributed by atoms with van der Waals surface area (Å²) in [4.78, 5) is 38.3. The Bertz CT molecular complexity index is 803. The number of aromatic nitrogens is 2. The van der Waals surface area contributed by atoms with Crippen LogP contribution >= 0.6 is 0 Å². The highest BCUT2D eigenvalue weighted by Crippen LogP contribution is 2.27. The van der Waals surface area contributed by atoms with E-state index in [2.05, 4.69) is 10.3 Å². The third-order valence-electron chi connectivity index (χ3n) is 4.69. The number of hydrogen-bond donors (Lipinski definition) is 4. The molecule has 162 valence electrons. The van der Waals surface area contributed by atoms with Crippen molar-refractivity contribution in [2.24, 2.45) is 5.73 Å². The molecule has 1 fully saturated rings. The Morgan fingerprint density at radius 2 is 2.17 bits per heavy atom. The number of carbonyl (C=O) groups excluding carboxylic acids is 1. The summed E-state index contributed by atoms with van der Waals surface area (Å²) in [6, 6.07) is 0. The highest BCUT2D eigenvalue weighted by molar-refractivity contribution is 5.91. The minimum Gasteiger partial charge on any atom is -0.390 e. The van der Waals surface area contributed by atoms with Crippen LogP contribution in [-0.2, 0) is 14.3 Å². The third-order valence-corrected chi connectivity index (χ3v) is 4.69. The van der Waals surface area contributed by atoms with Gasteiger partial charge in [-0.3, -0.25) is 19.1 Å². The van der Waals surface area contributed by atoms with E-state index in [-0.39, 0.29) is 24.5 Å². The standard InChI is InChI=1S/C19H30N4O6/c1-28-12-15-14(24)10-17(29-15)23-11-13(18(26)22-19(23)27)6-7-16(25)21-9-5-3-2-4-8-20/h6-7,11,14-15,17,24H,2-5,8-10,12,20H2,1H3,(H,21,25)(H,22,26,27)/b7-6+/t14-,15?,17-/m1/s1. The molecule has 1 aromatic heterocycles. The molecule has 1 amide bonds. The maximum atomic E-state index is 12.1. The van der Waals surface area contributed by atoms with E-state index < -0.39 is 29.7 Å². The number of hydrogen-bond acceptors (Lipinski definition) is 7. The van der Waals surface area contributed by atoms with E-state index >= 15 is 0 Å². The van der Waals surface area contributed by atoms with E-state index in [1.807, 2.05) is 0 Å². The Morgan fingerprint density at radius 1 is 1.41 bits per heavy atom. The van der Waals surface area contributed by atoms with Gasteiger partial charge in [-0.25, -0.2) is 4.79 Å². The molecular formula is C19H30N4O6. The van der Waals surface area contributed by atoms with Gasteiger partial charge in [-0.15, -0.1) is 0 Å². The smallest absolute Gasteiger partial charge is 0.330 e. The fourth-order valence-corrected chi connectivity index (χ4v) is 3.09. The highest BCUT2D eigenvalue weighted by Gasteiger charge is 2.35. The summed E-state index contributed by atoms with van der Waals surface area (Å²) >= 11 is 0. The zero-order chi connectivity index (χ0) is 21.2. The number of nitrogens with two attached hydrogens (primary N) is 1. The normalized spacial score (nSPS) is 21.7. The second kappa shape index (κ2) is 11.7. The molecule has 1 aliphatic heterocycles. The van der Waals surface area contributed by atoms with Crippen LogP contribution in [0.3, 0.4) is 0 Å². The van der Waals surface area contributed by atoms with Gasteiger partial charge in [0.2, 0.25) is 5.91 Å². The molecule has 0 aliphatic carbocycles. The average molecular weight is 410 g/mol. The summed E-state index contributed by atoms with van der Waals surface area (Å²) in [7, 11) is 1.49. The summed E-state index contributed by atoms with van der Waals surface area (Å²) < 4.78 is 11.8. The van der Waals surface area contributed by atoms with Crippen LogP contribution in [0.2, 0.25) is 0 Å². The minimum atomic E-state index is -0.784. The van der Waals surface area contributed by atoms with Gasteiger partial charge in [-0.2, -0.15) is 0 Å². The van der Waals surface area contributed by atoms with Gasteiger partial charge >= 0.3 is 5.69 Å². The van der Waals surface area contributed by atoms with Crippen molar-refractivity contribution in [3.63, 3.8) is 0 Å². The minimum absolute atomic E-state index is 0.135. The molecule has 1 aliphatic rings. The van der Waals surface area contributed by atoms with Gasteiger partial charge in [-0.1, -0.05) is 12.8 Å². The van der Waals surface area contributed by atoms with Gasteiger partial charge in [0.15, 0.2) is 0 Å². The quantitative estimate of drug-likeness (QED) is 0.283. The summed E-state index contributed by atoms with van der Waals surface area (Å²) in [6.45, 7) is 1.40. The van der Waals surface area contributed by atoms with Crippen LogP contribution in [0, 0.1) is 0 Å². The molecule has 0 radical (unpaired) electrons. The van der Waals surface area contributed by atoms with Crippen molar-refractivity contribution in [3.05, 3.63) is 38.7 Å². The number of aromatic amines is 1. The summed E-state index contributed by atoms with van der Waals surface area (Å²) in [5.74, 6) is -0.325. The maximum Gasteiger partial charge on any atom is 0.330 e. The zero-order valence-corrected chi connectivity index (χ0v) is 16.6. The lowest BCUT2D eigenvalue weighted by Crippen LogP contribution is -2.33. The molecule has 0 saturated carbocycles. The molecule has 2 rings (SSSR count). The summed E-state index contributed by atoms with van der Waals surface area (Å²) in [6.07, 6.45) is 5.88. The lowest BCUT2D eigenvalue weighted by Gasteiger charge is -2.15. The number of nitrogens with zero attached hydrogens (tertiary/aromatic N) is 1. The third kappa shape index (κ3) is 6.93. The molecular weight excluding hydrogens is 380 g/mol. The van der Waals surface area contributed by atoms with Crippen molar-refractivity contribution in [1.29, 1.82) is 0 Å². The molecule has 2 heterocycles. The molecule has 0 bridgehead atoms. The number of H-pyrrole nitrogens is 1. The SMILES string of the molecule is COCC1O[C@@H](n2cc(/C=C/C(=O)NCCCCCCN)c(=O)[nH]c2=O)C[C@H]1O. The largest absolute Gasteiger partial charge is 0.390 e. The summed E-state index contributed by atoms with van der Waals surface area (Å²) in [5.41, 5.74) is 4.31. The van der Waals surface area contributed by atoms with Crippen molar-refractivity contribution in [2.45, 2.75) is 50.5 Å². The van der Waals surface area contributed by atoms with Crippen LogP contribution in [0.15, 0.2) is 21.9 Å². The molecule has 5 N–H and O–H groups in total. The molecule has 10 nitrogen and oxygen atoms in total. The Balaban J connectivity index is 1.98. The van der Waals surface area contributed by atoms with E-state index in [9.17, 15) is 19.5 Å². The maximum absolute atomic E-state index is 12.1. The van der Waals surface area contributed by atoms with Gasteiger partial charge < -0.3 is 25.6 Å². The zero-order valence-electron chi connectivity index (χ0n) is 16.6. The van der Waals surface area contributed by atoms with E-state index in [4.69, 9.17) is 15.2 Å². The van der Waals surface area contributed by atoms with Crippen molar-refractivity contribution >= 4 is 12.0 Å². The number of rotatable bonds is 11. The van der Waals surface area contributed by atoms with E-state index in [1.165, 1.54) is 30.0 Å². The first kappa shape index (κ1) is 23.0. The van der Waals surface area contributed by atoms with Crippen LogP contribution in [-0.4, -0.2) is 59.6 Å². The molecule has 1 saturated heterocycles. The van der Waals surface area contributed by atoms with Crippen LogP contribution in [0.1, 0.15) is 43.9 Å². The van der Waals surface area contributed by atoms with Crippen molar-refractivity contribution in [3.8, 4) is 0 Å². The van der Waals surface area contributed by atoms with Crippen LogP contribution < -0.4 is 22.3 Å². The molecule has 0 aromatic carbocycles. The first-order chi connectivity index (χ1) is 14.0. The topological polar surface area (TPSA) is 149 Å². The Labute approximate surface area is 168 Å². The Morgan fingerprint density at radius 3 is 2.90 bits per heavy atom. The highest BCUT2D eigenvalue weighted by atomic mass is 16.6. The van der Waals surface area contributed by atoms with Gasteiger partial charge in [-0.05, 0) is 25.5 Å². The first-order valence-electron chi connectivity index (χ1n) is 9.80. The van der Waals surface area contributed by atoms with Crippen molar-refractivity contribution < 1.29 is 19.4 Å². The number of ether oxygens (including phenoxy) is 2. The second-order valence-corrected chi connectivity index (χ2v) is 6.97. The van der Waals surface area contributed by atoms with Crippen LogP contribution in [0.5, 0.6) is 0 Å². The number of aliphatic hydroxyl groups excluding tert-OH is 1. The van der Waals surface area contributed by atoms with E-state index in [0.29, 0.717) is 13.1 Å². The molecule has 1 aromatic rings. The Kier molecular flexibility index (Phi) is 9.26. The Hall–Kier alpha value is -2.27. The second-order valence-electron chi connectivity index (χ2n) is 6.97. The van der Waals surface area contributed by atoms with Gasteiger partial charge in [0.1, 0.15) is 12.3 Å². The van der Waals surface area contributed by atoms with Crippen LogP contribution in [0.25, 0.3) is 6.08 Å². The van der Waals surface area contributed by atoms with Crippen molar-refractivity contribution in [2.75, 3.05) is 26.8 Å². The number of amides is 1. The molecule has 1 unspecified atom stereocenters. The van der Waals surface area contributed by atoms with Crippen LogP contribution in [0.4, 0.5) is 0 Å². The molecule has 29 heavy (non-hydrogen) atoms. The number of nitrogens with one attached hydrogen (secondary N) is 2. The number of carbonyl (C=O) groups is 1. The van der Waals surface area contributed by atoms with Crippen molar-refractivity contribution in [1.82, 2.24) is 14.9 Å².